The second-order valence-electron chi connectivity index (χ2n) is 4.18. The minimum Gasteiger partial charge on any atom is -0.480 e. The van der Waals surface area contributed by atoms with Crippen LogP contribution in [0.2, 0.25) is 0 Å². The smallest absolute Gasteiger partial charge is 0.326 e. The molecule has 1 amide bonds. The van der Waals surface area contributed by atoms with Crippen LogP contribution < -0.4 is 10.2 Å². The molecule has 19 heavy (non-hydrogen) atoms. The molecule has 0 aliphatic carbocycles. The van der Waals surface area contributed by atoms with Gasteiger partial charge in [-0.05, 0) is 12.1 Å². The number of aliphatic hydroxyl groups is 1. The zero-order chi connectivity index (χ0) is 14.4. The lowest BCUT2D eigenvalue weighted by molar-refractivity contribution is -0.139. The van der Waals surface area contributed by atoms with Gasteiger partial charge in [-0.15, -0.1) is 0 Å². The number of amides is 1. The lowest BCUT2D eigenvalue weighted by Crippen LogP contribution is -2.41. The monoisotopic (exact) mass is 267 g/mol. The molecule has 3 N–H and O–H groups in total. The van der Waals surface area contributed by atoms with Crippen molar-refractivity contribution in [3.63, 3.8) is 0 Å². The molecule has 0 bridgehead atoms. The molecule has 1 aromatic heterocycles. The summed E-state index contributed by atoms with van der Waals surface area (Å²) in [5.41, 5.74) is 0.273. The molecule has 1 atom stereocenters. The van der Waals surface area contributed by atoms with Crippen LogP contribution in [0.5, 0.6) is 0 Å². The maximum absolute atomic E-state index is 11.8. The van der Waals surface area contributed by atoms with Crippen molar-refractivity contribution in [1.82, 2.24) is 10.3 Å². The van der Waals surface area contributed by atoms with Crippen LogP contribution in [0.4, 0.5) is 5.82 Å². The van der Waals surface area contributed by atoms with E-state index in [1.165, 1.54) is 6.20 Å². The van der Waals surface area contributed by atoms with Crippen molar-refractivity contribution in [2.75, 3.05) is 25.6 Å². The molecule has 7 heteroatoms. The van der Waals surface area contributed by atoms with Gasteiger partial charge in [0, 0.05) is 33.3 Å². The number of aliphatic hydroxyl groups excluding tert-OH is 1. The summed E-state index contributed by atoms with van der Waals surface area (Å²) in [4.78, 5) is 28.5. The van der Waals surface area contributed by atoms with E-state index in [4.69, 9.17) is 10.2 Å². The maximum Gasteiger partial charge on any atom is 0.326 e. The Hall–Kier alpha value is -2.15. The molecular weight excluding hydrogens is 250 g/mol. The highest BCUT2D eigenvalue weighted by atomic mass is 16.4. The molecular formula is C12H17N3O4. The van der Waals surface area contributed by atoms with Crippen molar-refractivity contribution < 1.29 is 19.8 Å². The Labute approximate surface area is 110 Å². The first-order valence-electron chi connectivity index (χ1n) is 5.73. The highest BCUT2D eigenvalue weighted by Crippen LogP contribution is 2.08. The quantitative estimate of drug-likeness (QED) is 0.654. The van der Waals surface area contributed by atoms with E-state index in [9.17, 15) is 9.59 Å². The second kappa shape index (κ2) is 6.69. The summed E-state index contributed by atoms with van der Waals surface area (Å²) in [6.45, 7) is -0.310. The number of aromatic nitrogens is 1. The summed E-state index contributed by atoms with van der Waals surface area (Å²) < 4.78 is 0. The SMILES string of the molecule is CN(C)c1ccc(C(=O)N[C@H](CCO)C(=O)O)cn1. The van der Waals surface area contributed by atoms with Crippen LogP contribution >= 0.6 is 0 Å². The third-order valence-corrected chi connectivity index (χ3v) is 2.49. The van der Waals surface area contributed by atoms with Gasteiger partial charge in [-0.25, -0.2) is 9.78 Å². The molecule has 0 radical (unpaired) electrons. The summed E-state index contributed by atoms with van der Waals surface area (Å²) in [5, 5.41) is 19.9. The third-order valence-electron chi connectivity index (χ3n) is 2.49. The Morgan fingerprint density at radius 3 is 2.53 bits per heavy atom. The molecule has 1 heterocycles. The largest absolute Gasteiger partial charge is 0.480 e. The Bertz CT molecular complexity index is 445. The van der Waals surface area contributed by atoms with E-state index >= 15 is 0 Å². The number of aliphatic carboxylic acids is 1. The third kappa shape index (κ3) is 4.22. The normalized spacial score (nSPS) is 11.7. The first-order valence-corrected chi connectivity index (χ1v) is 5.73. The number of nitrogens with zero attached hydrogens (tertiary/aromatic N) is 2. The van der Waals surface area contributed by atoms with Crippen molar-refractivity contribution in [2.45, 2.75) is 12.5 Å². The number of carboxylic acid groups (broad SMARTS) is 1. The summed E-state index contributed by atoms with van der Waals surface area (Å²) in [6, 6.07) is 2.12. The molecule has 1 rings (SSSR count). The van der Waals surface area contributed by atoms with Crippen LogP contribution in [0.3, 0.4) is 0 Å². The molecule has 0 saturated carbocycles. The van der Waals surface area contributed by atoms with Crippen molar-refractivity contribution in [2.24, 2.45) is 0 Å². The van der Waals surface area contributed by atoms with Crippen LogP contribution in [0.1, 0.15) is 16.8 Å². The molecule has 0 aliphatic rings. The van der Waals surface area contributed by atoms with Gasteiger partial charge in [0.05, 0.1) is 5.56 Å². The summed E-state index contributed by atoms with van der Waals surface area (Å²) >= 11 is 0. The minimum absolute atomic E-state index is 0.0374. The van der Waals surface area contributed by atoms with Crippen LogP contribution in [0.25, 0.3) is 0 Å². The first kappa shape index (κ1) is 14.9. The van der Waals surface area contributed by atoms with E-state index in [0.717, 1.165) is 0 Å². The van der Waals surface area contributed by atoms with Gasteiger partial charge >= 0.3 is 5.97 Å². The Morgan fingerprint density at radius 2 is 2.11 bits per heavy atom. The Kier molecular flexibility index (Phi) is 5.25. The van der Waals surface area contributed by atoms with Crippen LogP contribution in [-0.4, -0.2) is 53.8 Å². The molecule has 7 nitrogen and oxygen atoms in total. The van der Waals surface area contributed by atoms with Crippen molar-refractivity contribution >= 4 is 17.7 Å². The number of nitrogens with one attached hydrogen (secondary N) is 1. The lowest BCUT2D eigenvalue weighted by Gasteiger charge is -2.14. The number of anilines is 1. The minimum atomic E-state index is -1.18. The Balaban J connectivity index is 2.74. The highest BCUT2D eigenvalue weighted by Gasteiger charge is 2.20. The van der Waals surface area contributed by atoms with Gasteiger partial charge in [0.25, 0.3) is 5.91 Å². The lowest BCUT2D eigenvalue weighted by atomic mass is 10.2. The van der Waals surface area contributed by atoms with Gasteiger partial charge < -0.3 is 20.4 Å². The van der Waals surface area contributed by atoms with Gasteiger partial charge in [-0.1, -0.05) is 0 Å². The number of hydrogen-bond acceptors (Lipinski definition) is 5. The average Bonchev–Trinajstić information content (AvgIpc) is 2.38. The zero-order valence-corrected chi connectivity index (χ0v) is 10.8. The fraction of sp³-hybridized carbons (Fsp3) is 0.417. The zero-order valence-electron chi connectivity index (χ0n) is 10.8. The number of carboxylic acids is 1. The molecule has 104 valence electrons. The van der Waals surface area contributed by atoms with E-state index in [2.05, 4.69) is 10.3 Å². The van der Waals surface area contributed by atoms with Crippen LogP contribution in [0.15, 0.2) is 18.3 Å². The molecule has 1 aromatic rings. The molecule has 0 aliphatic heterocycles. The standard InChI is InChI=1S/C12H17N3O4/c1-15(2)10-4-3-8(7-13-10)11(17)14-9(5-6-16)12(18)19/h3-4,7,9,16H,5-6H2,1-2H3,(H,14,17)(H,18,19)/t9-/m1/s1. The topological polar surface area (TPSA) is 103 Å². The van der Waals surface area contributed by atoms with E-state index < -0.39 is 17.9 Å². The fourth-order valence-corrected chi connectivity index (χ4v) is 1.41. The molecule has 0 fully saturated rings. The highest BCUT2D eigenvalue weighted by molar-refractivity contribution is 5.96. The van der Waals surface area contributed by atoms with Gasteiger partial charge in [0.15, 0.2) is 0 Å². The number of rotatable bonds is 6. The molecule has 0 saturated heterocycles. The molecule has 0 spiro atoms. The second-order valence-corrected chi connectivity index (χ2v) is 4.18. The molecule has 0 unspecified atom stereocenters. The van der Waals surface area contributed by atoms with Gasteiger partial charge in [-0.3, -0.25) is 4.79 Å². The van der Waals surface area contributed by atoms with Crippen LogP contribution in [0, 0.1) is 0 Å². The van der Waals surface area contributed by atoms with E-state index in [1.54, 1.807) is 17.0 Å². The summed E-state index contributed by atoms with van der Waals surface area (Å²) in [7, 11) is 3.65. The predicted octanol–water partition coefficient (Wildman–Crippen LogP) is -0.287. The number of hydrogen-bond donors (Lipinski definition) is 3. The van der Waals surface area contributed by atoms with Gasteiger partial charge in [0.2, 0.25) is 0 Å². The van der Waals surface area contributed by atoms with E-state index in [-0.39, 0.29) is 18.6 Å². The Morgan fingerprint density at radius 1 is 1.42 bits per heavy atom. The maximum atomic E-state index is 11.8. The summed E-state index contributed by atoms with van der Waals surface area (Å²) in [6.07, 6.45) is 1.34. The van der Waals surface area contributed by atoms with Gasteiger partial charge in [0.1, 0.15) is 11.9 Å². The van der Waals surface area contributed by atoms with Crippen molar-refractivity contribution in [3.8, 4) is 0 Å². The van der Waals surface area contributed by atoms with Crippen molar-refractivity contribution in [3.05, 3.63) is 23.9 Å². The summed E-state index contributed by atoms with van der Waals surface area (Å²) in [5.74, 6) is -1.01. The van der Waals surface area contributed by atoms with E-state index in [1.807, 2.05) is 14.1 Å². The molecule has 0 aromatic carbocycles. The number of pyridine rings is 1. The van der Waals surface area contributed by atoms with E-state index in [0.29, 0.717) is 5.82 Å². The average molecular weight is 267 g/mol. The fourth-order valence-electron chi connectivity index (χ4n) is 1.41. The number of carbonyl (C=O) groups is 2. The van der Waals surface area contributed by atoms with Crippen LogP contribution in [-0.2, 0) is 4.79 Å². The predicted molar refractivity (Wildman–Crippen MR) is 69.2 cm³/mol. The van der Waals surface area contributed by atoms with Crippen molar-refractivity contribution in [1.29, 1.82) is 0 Å². The van der Waals surface area contributed by atoms with Gasteiger partial charge in [-0.2, -0.15) is 0 Å². The number of carbonyl (C=O) groups excluding carboxylic acids is 1. The first-order chi connectivity index (χ1) is 8.95.